The van der Waals surface area contributed by atoms with Crippen LogP contribution in [0.5, 0.6) is 0 Å². The van der Waals surface area contributed by atoms with Crippen molar-refractivity contribution in [3.63, 3.8) is 0 Å². The third-order valence-electron chi connectivity index (χ3n) is 2.04. The Morgan fingerprint density at radius 2 is 2.15 bits per heavy atom. The number of carbonyl (C=O) groups is 1. The summed E-state index contributed by atoms with van der Waals surface area (Å²) < 4.78 is 24.3. The van der Waals surface area contributed by atoms with Gasteiger partial charge >= 0.3 is 0 Å². The van der Waals surface area contributed by atoms with Crippen LogP contribution in [0.4, 0.5) is 8.78 Å². The summed E-state index contributed by atoms with van der Waals surface area (Å²) in [6.07, 6.45) is -2.39. The minimum atomic E-state index is -2.39. The number of carbonyl (C=O) groups excluding carboxylic acids is 1. The van der Waals surface area contributed by atoms with Gasteiger partial charge in [-0.05, 0) is 0 Å². The molecule has 2 unspecified atom stereocenters. The van der Waals surface area contributed by atoms with Gasteiger partial charge in [0.1, 0.15) is 0 Å². The van der Waals surface area contributed by atoms with Crippen molar-refractivity contribution in [2.45, 2.75) is 18.5 Å². The van der Waals surface area contributed by atoms with Crippen molar-refractivity contribution in [2.75, 3.05) is 20.1 Å². The van der Waals surface area contributed by atoms with E-state index in [1.165, 1.54) is 7.05 Å². The highest BCUT2D eigenvalue weighted by Crippen LogP contribution is 2.03. The molecule has 0 aromatic heterocycles. The Morgan fingerprint density at radius 1 is 1.46 bits per heavy atom. The van der Waals surface area contributed by atoms with Crippen molar-refractivity contribution in [1.29, 1.82) is 0 Å². The summed E-state index contributed by atoms with van der Waals surface area (Å²) in [5, 5.41) is 7.81. The molecule has 1 aliphatic rings. The first-order chi connectivity index (χ1) is 6.15. The standard InChI is InChI=1S/C7H13F2N3O/c1-10-7(13)5-3-11-4(2-12-5)6(8)9/h4-6,11-12H,2-3H2,1H3,(H,10,13). The average molecular weight is 193 g/mol. The maximum absolute atomic E-state index is 12.1. The van der Waals surface area contributed by atoms with E-state index in [2.05, 4.69) is 16.0 Å². The van der Waals surface area contributed by atoms with Gasteiger partial charge in [-0.2, -0.15) is 0 Å². The van der Waals surface area contributed by atoms with Gasteiger partial charge in [-0.25, -0.2) is 8.78 Å². The van der Waals surface area contributed by atoms with Gasteiger partial charge in [0.05, 0.1) is 12.1 Å². The van der Waals surface area contributed by atoms with E-state index in [9.17, 15) is 13.6 Å². The SMILES string of the molecule is CNC(=O)C1CNC(C(F)F)CN1. The topological polar surface area (TPSA) is 53.2 Å². The van der Waals surface area contributed by atoms with Crippen molar-refractivity contribution < 1.29 is 13.6 Å². The predicted molar refractivity (Wildman–Crippen MR) is 43.7 cm³/mol. The van der Waals surface area contributed by atoms with Gasteiger partial charge in [0.25, 0.3) is 6.43 Å². The highest BCUT2D eigenvalue weighted by molar-refractivity contribution is 5.81. The lowest BCUT2D eigenvalue weighted by Crippen LogP contribution is -2.61. The second-order valence-electron chi connectivity index (χ2n) is 2.92. The van der Waals surface area contributed by atoms with Gasteiger partial charge in [0.2, 0.25) is 5.91 Å². The van der Waals surface area contributed by atoms with Crippen LogP contribution < -0.4 is 16.0 Å². The van der Waals surface area contributed by atoms with E-state index in [1.807, 2.05) is 0 Å². The van der Waals surface area contributed by atoms with Crippen LogP contribution in [0.15, 0.2) is 0 Å². The quantitative estimate of drug-likeness (QED) is 0.523. The molecule has 1 amide bonds. The molecule has 13 heavy (non-hydrogen) atoms. The Kier molecular flexibility index (Phi) is 3.56. The normalized spacial score (nSPS) is 28.9. The van der Waals surface area contributed by atoms with E-state index >= 15 is 0 Å². The molecule has 1 heterocycles. The first-order valence-corrected chi connectivity index (χ1v) is 4.11. The lowest BCUT2D eigenvalue weighted by atomic mass is 10.1. The largest absolute Gasteiger partial charge is 0.358 e. The number of hydrogen-bond donors (Lipinski definition) is 3. The zero-order chi connectivity index (χ0) is 9.84. The van der Waals surface area contributed by atoms with Gasteiger partial charge < -0.3 is 16.0 Å². The van der Waals surface area contributed by atoms with Crippen LogP contribution in [0.3, 0.4) is 0 Å². The van der Waals surface area contributed by atoms with Crippen molar-refractivity contribution in [3.8, 4) is 0 Å². The first-order valence-electron chi connectivity index (χ1n) is 4.11. The van der Waals surface area contributed by atoms with Gasteiger partial charge in [-0.3, -0.25) is 4.79 Å². The number of amides is 1. The van der Waals surface area contributed by atoms with E-state index in [1.54, 1.807) is 0 Å². The van der Waals surface area contributed by atoms with E-state index in [4.69, 9.17) is 0 Å². The highest BCUT2D eigenvalue weighted by Gasteiger charge is 2.29. The molecule has 1 fully saturated rings. The summed E-state index contributed by atoms with van der Waals surface area (Å²) in [6, 6.07) is -1.25. The van der Waals surface area contributed by atoms with Gasteiger partial charge in [-0.15, -0.1) is 0 Å². The Hall–Kier alpha value is -0.750. The third-order valence-corrected chi connectivity index (χ3v) is 2.04. The fourth-order valence-corrected chi connectivity index (χ4v) is 1.22. The molecule has 1 saturated heterocycles. The molecule has 0 aromatic carbocycles. The summed E-state index contributed by atoms with van der Waals surface area (Å²) in [5.74, 6) is -0.180. The van der Waals surface area contributed by atoms with E-state index < -0.39 is 18.5 Å². The van der Waals surface area contributed by atoms with Crippen LogP contribution in [0.25, 0.3) is 0 Å². The van der Waals surface area contributed by atoms with Crippen molar-refractivity contribution in [1.82, 2.24) is 16.0 Å². The molecule has 0 aliphatic carbocycles. The molecule has 3 N–H and O–H groups in total. The summed E-state index contributed by atoms with van der Waals surface area (Å²) in [7, 11) is 1.52. The summed E-state index contributed by atoms with van der Waals surface area (Å²) >= 11 is 0. The molecule has 4 nitrogen and oxygen atoms in total. The van der Waals surface area contributed by atoms with Crippen LogP contribution in [0.1, 0.15) is 0 Å². The number of rotatable bonds is 2. The number of hydrogen-bond acceptors (Lipinski definition) is 3. The van der Waals surface area contributed by atoms with E-state index in [0.717, 1.165) is 0 Å². The monoisotopic (exact) mass is 193 g/mol. The van der Waals surface area contributed by atoms with Gasteiger partial charge in [-0.1, -0.05) is 0 Å². The molecular formula is C7H13F2N3O. The van der Waals surface area contributed by atoms with Crippen LogP contribution in [-0.4, -0.2) is 44.6 Å². The Labute approximate surface area is 75.1 Å². The highest BCUT2D eigenvalue weighted by atomic mass is 19.3. The average Bonchev–Trinajstić information content (AvgIpc) is 2.17. The zero-order valence-corrected chi connectivity index (χ0v) is 7.31. The Morgan fingerprint density at radius 3 is 2.54 bits per heavy atom. The second kappa shape index (κ2) is 4.48. The van der Waals surface area contributed by atoms with Crippen LogP contribution in [-0.2, 0) is 4.79 Å². The van der Waals surface area contributed by atoms with Crippen LogP contribution >= 0.6 is 0 Å². The van der Waals surface area contributed by atoms with Crippen molar-refractivity contribution >= 4 is 5.91 Å². The van der Waals surface area contributed by atoms with Crippen LogP contribution in [0.2, 0.25) is 0 Å². The maximum atomic E-state index is 12.1. The first kappa shape index (κ1) is 10.3. The number of likely N-dealkylation sites (N-methyl/N-ethyl adjacent to an activating group) is 1. The smallest absolute Gasteiger partial charge is 0.254 e. The molecule has 6 heteroatoms. The van der Waals surface area contributed by atoms with E-state index in [0.29, 0.717) is 0 Å². The predicted octanol–water partition coefficient (Wildman–Crippen LogP) is -1.07. The molecule has 76 valence electrons. The minimum Gasteiger partial charge on any atom is -0.358 e. The lowest BCUT2D eigenvalue weighted by molar-refractivity contribution is -0.123. The second-order valence-corrected chi connectivity index (χ2v) is 2.92. The summed E-state index contributed by atoms with van der Waals surface area (Å²) in [5.41, 5.74) is 0. The van der Waals surface area contributed by atoms with Crippen molar-refractivity contribution in [2.24, 2.45) is 0 Å². The van der Waals surface area contributed by atoms with Crippen molar-refractivity contribution in [3.05, 3.63) is 0 Å². The lowest BCUT2D eigenvalue weighted by Gasteiger charge is -2.29. The molecule has 2 atom stereocenters. The number of nitrogens with one attached hydrogen (secondary N) is 3. The Balaban J connectivity index is 2.34. The third kappa shape index (κ3) is 2.60. The Bertz CT molecular complexity index is 181. The summed E-state index contributed by atoms with van der Waals surface area (Å²) in [6.45, 7) is 0.366. The maximum Gasteiger partial charge on any atom is 0.254 e. The molecule has 1 aliphatic heterocycles. The molecule has 0 aromatic rings. The van der Waals surface area contributed by atoms with E-state index in [-0.39, 0.29) is 19.0 Å². The van der Waals surface area contributed by atoms with Gasteiger partial charge in [0, 0.05) is 20.1 Å². The molecular weight excluding hydrogens is 180 g/mol. The van der Waals surface area contributed by atoms with Crippen LogP contribution in [0, 0.1) is 0 Å². The molecule has 1 rings (SSSR count). The molecule has 0 saturated carbocycles. The van der Waals surface area contributed by atoms with Gasteiger partial charge in [0.15, 0.2) is 0 Å². The number of piperazine rings is 1. The number of alkyl halides is 2. The fourth-order valence-electron chi connectivity index (χ4n) is 1.22. The molecule has 0 radical (unpaired) electrons. The summed E-state index contributed by atoms with van der Waals surface area (Å²) in [4.78, 5) is 11.0. The fraction of sp³-hybridized carbons (Fsp3) is 0.857. The molecule has 0 bridgehead atoms. The molecule has 0 spiro atoms. The minimum absolute atomic E-state index is 0.121. The number of halogens is 2. The zero-order valence-electron chi connectivity index (χ0n) is 7.31.